The Morgan fingerprint density at radius 1 is 1.22 bits per heavy atom. The molecule has 2 rings (SSSR count). The topological polar surface area (TPSA) is 66.0 Å². The molecule has 7 heteroatoms. The maximum absolute atomic E-state index is 11.6. The summed E-state index contributed by atoms with van der Waals surface area (Å²) < 4.78 is 5.71. The quantitative estimate of drug-likeness (QED) is 0.350. The van der Waals surface area contributed by atoms with E-state index in [1.54, 1.807) is 0 Å². The van der Waals surface area contributed by atoms with Gasteiger partial charge in [-0.3, -0.25) is 9.79 Å². The van der Waals surface area contributed by atoms with Gasteiger partial charge in [-0.15, -0.1) is 24.0 Å². The van der Waals surface area contributed by atoms with Crippen molar-refractivity contribution in [2.75, 3.05) is 32.1 Å². The zero-order valence-electron chi connectivity index (χ0n) is 16.7. The summed E-state index contributed by atoms with van der Waals surface area (Å²) in [6, 6.07) is 7.95. The molecule has 0 atom stereocenters. The van der Waals surface area contributed by atoms with Crippen molar-refractivity contribution in [3.05, 3.63) is 29.8 Å². The highest BCUT2D eigenvalue weighted by atomic mass is 127. The first kappa shape index (κ1) is 23.7. The molecule has 0 aromatic heterocycles. The predicted octanol–water partition coefficient (Wildman–Crippen LogP) is 3.62. The number of ether oxygens (including phenoxy) is 1. The zero-order chi connectivity index (χ0) is 18.8. The van der Waals surface area contributed by atoms with E-state index in [0.29, 0.717) is 19.1 Å². The highest BCUT2D eigenvalue weighted by molar-refractivity contribution is 14.0. The van der Waals surface area contributed by atoms with Gasteiger partial charge in [0.05, 0.1) is 6.10 Å². The number of guanidine groups is 1. The fourth-order valence-corrected chi connectivity index (χ4v) is 3.14. The van der Waals surface area contributed by atoms with E-state index in [1.165, 1.54) is 0 Å². The number of benzene rings is 1. The number of nitrogens with zero attached hydrogens (tertiary/aromatic N) is 2. The zero-order valence-corrected chi connectivity index (χ0v) is 19.0. The summed E-state index contributed by atoms with van der Waals surface area (Å²) in [4.78, 5) is 18.3. The molecule has 27 heavy (non-hydrogen) atoms. The molecule has 1 heterocycles. The molecule has 2 N–H and O–H groups in total. The van der Waals surface area contributed by atoms with Crippen LogP contribution in [-0.2, 0) is 16.1 Å². The van der Waals surface area contributed by atoms with Crippen molar-refractivity contribution in [3.63, 3.8) is 0 Å². The summed E-state index contributed by atoms with van der Waals surface area (Å²) in [6.45, 7) is 7.47. The first-order chi connectivity index (χ1) is 12.7. The summed E-state index contributed by atoms with van der Waals surface area (Å²) in [6.07, 6.45) is 3.88. The Labute approximate surface area is 180 Å². The van der Waals surface area contributed by atoms with Crippen molar-refractivity contribution in [2.45, 2.75) is 52.2 Å². The second-order valence-corrected chi connectivity index (χ2v) is 6.54. The normalized spacial score (nSPS) is 15.2. The molecule has 1 saturated heterocycles. The molecule has 1 aliphatic heterocycles. The second kappa shape index (κ2) is 12.9. The molecule has 152 valence electrons. The van der Waals surface area contributed by atoms with Gasteiger partial charge >= 0.3 is 0 Å². The predicted molar refractivity (Wildman–Crippen MR) is 122 cm³/mol. The van der Waals surface area contributed by atoms with Gasteiger partial charge in [0, 0.05) is 45.4 Å². The molecule has 0 saturated carbocycles. The average molecular weight is 488 g/mol. The lowest BCUT2D eigenvalue weighted by Gasteiger charge is -2.34. The van der Waals surface area contributed by atoms with E-state index >= 15 is 0 Å². The molecule has 1 fully saturated rings. The van der Waals surface area contributed by atoms with Crippen molar-refractivity contribution < 1.29 is 9.53 Å². The average Bonchev–Trinajstić information content (AvgIpc) is 2.65. The molecule has 6 nitrogen and oxygen atoms in total. The molecule has 0 radical (unpaired) electrons. The third-order valence-electron chi connectivity index (χ3n) is 4.52. The summed E-state index contributed by atoms with van der Waals surface area (Å²) in [5.41, 5.74) is 2.00. The van der Waals surface area contributed by atoms with Crippen LogP contribution in [0.2, 0.25) is 0 Å². The van der Waals surface area contributed by atoms with E-state index in [1.807, 2.05) is 45.2 Å². The number of carbonyl (C=O) groups excluding carboxylic acids is 1. The largest absolute Gasteiger partial charge is 0.378 e. The van der Waals surface area contributed by atoms with E-state index in [2.05, 4.69) is 20.5 Å². The summed E-state index contributed by atoms with van der Waals surface area (Å²) in [7, 11) is 1.82. The number of hydrogen-bond acceptors (Lipinski definition) is 3. The molecular formula is C20H33IN4O2. The Balaban J connectivity index is 0.00000364. The summed E-state index contributed by atoms with van der Waals surface area (Å²) in [5, 5.41) is 6.34. The summed E-state index contributed by atoms with van der Waals surface area (Å²) >= 11 is 0. The van der Waals surface area contributed by atoms with Crippen LogP contribution >= 0.6 is 24.0 Å². The van der Waals surface area contributed by atoms with Gasteiger partial charge in [0.2, 0.25) is 5.91 Å². The number of likely N-dealkylation sites (tertiary alicyclic amines) is 1. The minimum Gasteiger partial charge on any atom is -0.378 e. The lowest BCUT2D eigenvalue weighted by Crippen LogP contribution is -2.46. The van der Waals surface area contributed by atoms with Crippen LogP contribution < -0.4 is 10.6 Å². The Morgan fingerprint density at radius 2 is 1.89 bits per heavy atom. The number of amides is 1. The monoisotopic (exact) mass is 488 g/mol. The number of aliphatic imine (C=N–C) groups is 1. The maximum Gasteiger partial charge on any atom is 0.224 e. The van der Waals surface area contributed by atoms with Crippen LogP contribution in [0.25, 0.3) is 0 Å². The number of nitrogens with one attached hydrogen (secondary N) is 2. The third kappa shape index (κ3) is 8.04. The number of carbonyl (C=O) groups is 1. The van der Waals surface area contributed by atoms with Gasteiger partial charge in [0.25, 0.3) is 0 Å². The molecular weight excluding hydrogens is 455 g/mol. The SMILES string of the molecule is CCCC(=O)Nc1ccc(CNC(=NC)N2CCC(OCC)CC2)cc1.I. The van der Waals surface area contributed by atoms with Crippen LogP contribution in [0.1, 0.15) is 45.1 Å². The maximum atomic E-state index is 11.6. The first-order valence-corrected chi connectivity index (χ1v) is 9.62. The Kier molecular flexibility index (Phi) is 11.3. The highest BCUT2D eigenvalue weighted by Crippen LogP contribution is 2.14. The molecule has 0 aliphatic carbocycles. The Bertz CT molecular complexity index is 584. The minimum absolute atomic E-state index is 0. The van der Waals surface area contributed by atoms with Gasteiger partial charge < -0.3 is 20.3 Å². The third-order valence-corrected chi connectivity index (χ3v) is 4.52. The van der Waals surface area contributed by atoms with Crippen molar-refractivity contribution >= 4 is 41.5 Å². The van der Waals surface area contributed by atoms with Gasteiger partial charge in [0.1, 0.15) is 0 Å². The standard InChI is InChI=1S/C20H32N4O2.HI/c1-4-6-19(25)23-17-9-7-16(8-10-17)15-22-20(21-3)24-13-11-18(12-14-24)26-5-2;/h7-10,18H,4-6,11-15H2,1-3H3,(H,21,22)(H,23,25);1H. The molecule has 1 amide bonds. The molecule has 1 aliphatic rings. The molecule has 0 spiro atoms. The van der Waals surface area contributed by atoms with Gasteiger partial charge in [-0.05, 0) is 43.9 Å². The van der Waals surface area contributed by atoms with Crippen molar-refractivity contribution in [3.8, 4) is 0 Å². The van der Waals surface area contributed by atoms with Gasteiger partial charge in [0.15, 0.2) is 5.96 Å². The van der Waals surface area contributed by atoms with E-state index in [4.69, 9.17) is 4.74 Å². The molecule has 1 aromatic carbocycles. The van der Waals surface area contributed by atoms with Crippen LogP contribution in [0.3, 0.4) is 0 Å². The lowest BCUT2D eigenvalue weighted by atomic mass is 10.1. The second-order valence-electron chi connectivity index (χ2n) is 6.54. The number of anilines is 1. The summed E-state index contributed by atoms with van der Waals surface area (Å²) in [5.74, 6) is 0.995. The van der Waals surface area contributed by atoms with Gasteiger partial charge in [-0.2, -0.15) is 0 Å². The number of rotatable bonds is 7. The van der Waals surface area contributed by atoms with Gasteiger partial charge in [-0.25, -0.2) is 0 Å². The van der Waals surface area contributed by atoms with E-state index in [9.17, 15) is 4.79 Å². The van der Waals surface area contributed by atoms with Crippen molar-refractivity contribution in [1.29, 1.82) is 0 Å². The lowest BCUT2D eigenvalue weighted by molar-refractivity contribution is -0.116. The fraction of sp³-hybridized carbons (Fsp3) is 0.600. The highest BCUT2D eigenvalue weighted by Gasteiger charge is 2.21. The smallest absolute Gasteiger partial charge is 0.224 e. The van der Waals surface area contributed by atoms with Crippen molar-refractivity contribution in [1.82, 2.24) is 10.2 Å². The van der Waals surface area contributed by atoms with Crippen LogP contribution in [-0.4, -0.2) is 49.6 Å². The Hall–Kier alpha value is -1.35. The van der Waals surface area contributed by atoms with E-state index < -0.39 is 0 Å². The van der Waals surface area contributed by atoms with Crippen molar-refractivity contribution in [2.24, 2.45) is 4.99 Å². The first-order valence-electron chi connectivity index (χ1n) is 9.62. The molecule has 0 bridgehead atoms. The number of hydrogen-bond donors (Lipinski definition) is 2. The molecule has 0 unspecified atom stereocenters. The fourth-order valence-electron chi connectivity index (χ4n) is 3.14. The van der Waals surface area contributed by atoms with E-state index in [-0.39, 0.29) is 29.9 Å². The number of piperidine rings is 1. The van der Waals surface area contributed by atoms with Crippen LogP contribution in [0.4, 0.5) is 5.69 Å². The van der Waals surface area contributed by atoms with Crippen LogP contribution in [0, 0.1) is 0 Å². The minimum atomic E-state index is 0. The number of halogens is 1. The van der Waals surface area contributed by atoms with Gasteiger partial charge in [-0.1, -0.05) is 19.1 Å². The molecule has 1 aromatic rings. The van der Waals surface area contributed by atoms with Crippen LogP contribution in [0.5, 0.6) is 0 Å². The van der Waals surface area contributed by atoms with E-state index in [0.717, 1.165) is 56.2 Å². The van der Waals surface area contributed by atoms with Crippen LogP contribution in [0.15, 0.2) is 29.3 Å². The Morgan fingerprint density at radius 3 is 2.44 bits per heavy atom.